The number of ether oxygens (including phenoxy) is 1. The van der Waals surface area contributed by atoms with Crippen molar-refractivity contribution in [2.45, 2.75) is 38.2 Å². The van der Waals surface area contributed by atoms with Gasteiger partial charge in [-0.25, -0.2) is 8.78 Å². The van der Waals surface area contributed by atoms with Gasteiger partial charge in [0.15, 0.2) is 0 Å². The SMILES string of the molecule is O=C(O)CC(C(F)F)C1CCCCO1. The van der Waals surface area contributed by atoms with Crippen LogP contribution in [0.25, 0.3) is 0 Å². The number of aliphatic carboxylic acids is 1. The predicted octanol–water partition coefficient (Wildman–Crippen LogP) is 1.91. The van der Waals surface area contributed by atoms with Crippen LogP contribution in [-0.4, -0.2) is 30.2 Å². The zero-order valence-electron chi connectivity index (χ0n) is 7.79. The molecule has 1 fully saturated rings. The Bertz CT molecular complexity index is 190. The Balaban J connectivity index is 2.51. The van der Waals surface area contributed by atoms with Crippen molar-refractivity contribution in [3.05, 3.63) is 0 Å². The van der Waals surface area contributed by atoms with Gasteiger partial charge in [0, 0.05) is 6.61 Å². The zero-order valence-corrected chi connectivity index (χ0v) is 7.79. The third kappa shape index (κ3) is 3.21. The topological polar surface area (TPSA) is 46.5 Å². The van der Waals surface area contributed by atoms with E-state index in [-0.39, 0.29) is 0 Å². The molecule has 0 amide bonds. The molecule has 0 bridgehead atoms. The van der Waals surface area contributed by atoms with Gasteiger partial charge in [0.2, 0.25) is 6.43 Å². The van der Waals surface area contributed by atoms with Gasteiger partial charge in [-0.1, -0.05) is 0 Å². The first-order chi connectivity index (χ1) is 6.61. The minimum absolute atomic E-state index is 0.466. The average Bonchev–Trinajstić information content (AvgIpc) is 2.15. The van der Waals surface area contributed by atoms with Crippen molar-refractivity contribution in [3.8, 4) is 0 Å². The summed E-state index contributed by atoms with van der Waals surface area (Å²) in [5.74, 6) is -2.35. The Labute approximate surface area is 81.1 Å². The molecule has 0 aromatic rings. The van der Waals surface area contributed by atoms with Gasteiger partial charge in [-0.2, -0.15) is 0 Å². The highest BCUT2D eigenvalue weighted by Crippen LogP contribution is 2.27. The van der Waals surface area contributed by atoms with E-state index in [0.717, 1.165) is 12.8 Å². The monoisotopic (exact) mass is 208 g/mol. The number of hydrogen-bond donors (Lipinski definition) is 1. The molecular formula is C9H14F2O3. The molecule has 0 spiro atoms. The molecule has 3 nitrogen and oxygen atoms in total. The van der Waals surface area contributed by atoms with E-state index in [9.17, 15) is 13.6 Å². The molecule has 0 aliphatic carbocycles. The first-order valence-corrected chi connectivity index (χ1v) is 4.73. The van der Waals surface area contributed by atoms with Gasteiger partial charge in [0.25, 0.3) is 0 Å². The van der Waals surface area contributed by atoms with Crippen LogP contribution in [0.15, 0.2) is 0 Å². The highest BCUT2D eigenvalue weighted by molar-refractivity contribution is 5.67. The van der Waals surface area contributed by atoms with Crippen LogP contribution in [0, 0.1) is 5.92 Å². The second-order valence-electron chi connectivity index (χ2n) is 3.50. The Hall–Kier alpha value is -0.710. The van der Waals surface area contributed by atoms with Crippen LogP contribution in [0.2, 0.25) is 0 Å². The molecule has 14 heavy (non-hydrogen) atoms. The lowest BCUT2D eigenvalue weighted by Crippen LogP contribution is -2.34. The molecule has 1 aliphatic rings. The lowest BCUT2D eigenvalue weighted by molar-refractivity contribution is -0.144. The molecule has 1 saturated heterocycles. The second kappa shape index (κ2) is 5.24. The summed E-state index contributed by atoms with van der Waals surface area (Å²) in [6.07, 6.45) is -1.45. The summed E-state index contributed by atoms with van der Waals surface area (Å²) in [5, 5.41) is 8.47. The summed E-state index contributed by atoms with van der Waals surface area (Å²) >= 11 is 0. The molecule has 0 aromatic carbocycles. The minimum Gasteiger partial charge on any atom is -0.481 e. The summed E-state index contributed by atoms with van der Waals surface area (Å²) in [7, 11) is 0. The summed E-state index contributed by atoms with van der Waals surface area (Å²) in [4.78, 5) is 10.4. The van der Waals surface area contributed by atoms with E-state index in [1.807, 2.05) is 0 Å². The van der Waals surface area contributed by atoms with Crippen molar-refractivity contribution in [2.75, 3.05) is 6.61 Å². The van der Waals surface area contributed by atoms with E-state index in [2.05, 4.69) is 0 Å². The molecule has 1 heterocycles. The molecule has 2 atom stereocenters. The van der Waals surface area contributed by atoms with E-state index in [0.29, 0.717) is 13.0 Å². The van der Waals surface area contributed by atoms with Crippen molar-refractivity contribution >= 4 is 5.97 Å². The fraction of sp³-hybridized carbons (Fsp3) is 0.889. The maximum Gasteiger partial charge on any atom is 0.303 e. The lowest BCUT2D eigenvalue weighted by atomic mass is 9.93. The van der Waals surface area contributed by atoms with Crippen molar-refractivity contribution in [1.82, 2.24) is 0 Å². The lowest BCUT2D eigenvalue weighted by Gasteiger charge is -2.28. The largest absolute Gasteiger partial charge is 0.481 e. The number of alkyl halides is 2. The van der Waals surface area contributed by atoms with E-state index in [4.69, 9.17) is 9.84 Å². The standard InChI is InChI=1S/C9H14F2O3/c10-9(11)6(5-8(12)13)7-3-1-2-4-14-7/h6-7,9H,1-5H2,(H,12,13). The van der Waals surface area contributed by atoms with Crippen LogP contribution in [0.3, 0.4) is 0 Å². The van der Waals surface area contributed by atoms with Crippen molar-refractivity contribution < 1.29 is 23.4 Å². The number of halogens is 2. The summed E-state index contributed by atoms with van der Waals surface area (Å²) in [5.41, 5.74) is 0. The molecule has 1 aliphatic heterocycles. The van der Waals surface area contributed by atoms with Crippen LogP contribution in [-0.2, 0) is 9.53 Å². The first kappa shape index (κ1) is 11.4. The van der Waals surface area contributed by atoms with E-state index < -0.39 is 30.8 Å². The molecule has 0 radical (unpaired) electrons. The fourth-order valence-corrected chi connectivity index (χ4v) is 1.69. The van der Waals surface area contributed by atoms with Gasteiger partial charge in [0.05, 0.1) is 18.4 Å². The summed E-state index contributed by atoms with van der Waals surface area (Å²) in [6.45, 7) is 0.466. The van der Waals surface area contributed by atoms with E-state index in [1.54, 1.807) is 0 Å². The normalized spacial score (nSPS) is 24.9. The van der Waals surface area contributed by atoms with Crippen LogP contribution in [0.4, 0.5) is 8.78 Å². The highest BCUT2D eigenvalue weighted by Gasteiger charge is 2.33. The number of hydrogen-bond acceptors (Lipinski definition) is 2. The molecule has 0 saturated carbocycles. The van der Waals surface area contributed by atoms with Gasteiger partial charge >= 0.3 is 5.97 Å². The van der Waals surface area contributed by atoms with Crippen LogP contribution in [0.5, 0.6) is 0 Å². The molecule has 5 heteroatoms. The van der Waals surface area contributed by atoms with Crippen molar-refractivity contribution in [2.24, 2.45) is 5.92 Å². The van der Waals surface area contributed by atoms with Crippen LogP contribution in [0.1, 0.15) is 25.7 Å². The Morgan fingerprint density at radius 1 is 1.50 bits per heavy atom. The number of carbonyl (C=O) groups is 1. The number of rotatable bonds is 4. The molecule has 82 valence electrons. The minimum atomic E-state index is -2.62. The molecule has 0 aromatic heterocycles. The van der Waals surface area contributed by atoms with Crippen molar-refractivity contribution in [3.63, 3.8) is 0 Å². The predicted molar refractivity (Wildman–Crippen MR) is 45.3 cm³/mol. The fourth-order valence-electron chi connectivity index (χ4n) is 1.69. The quantitative estimate of drug-likeness (QED) is 0.767. The van der Waals surface area contributed by atoms with Crippen LogP contribution < -0.4 is 0 Å². The van der Waals surface area contributed by atoms with Gasteiger partial charge in [-0.15, -0.1) is 0 Å². The molecule has 2 unspecified atom stereocenters. The summed E-state index contributed by atoms with van der Waals surface area (Å²) in [6, 6.07) is 0. The van der Waals surface area contributed by atoms with E-state index in [1.165, 1.54) is 0 Å². The second-order valence-corrected chi connectivity index (χ2v) is 3.50. The summed E-state index contributed by atoms with van der Waals surface area (Å²) < 4.78 is 30.2. The maximum absolute atomic E-state index is 12.5. The van der Waals surface area contributed by atoms with Gasteiger partial charge in [-0.3, -0.25) is 4.79 Å². The van der Waals surface area contributed by atoms with Gasteiger partial charge in [0.1, 0.15) is 0 Å². The maximum atomic E-state index is 12.5. The van der Waals surface area contributed by atoms with Gasteiger partial charge < -0.3 is 9.84 Å². The van der Waals surface area contributed by atoms with Crippen molar-refractivity contribution in [1.29, 1.82) is 0 Å². The average molecular weight is 208 g/mol. The van der Waals surface area contributed by atoms with Gasteiger partial charge in [-0.05, 0) is 19.3 Å². The number of carboxylic acid groups (broad SMARTS) is 1. The third-order valence-electron chi connectivity index (χ3n) is 2.43. The van der Waals surface area contributed by atoms with E-state index >= 15 is 0 Å². The van der Waals surface area contributed by atoms with Crippen LogP contribution >= 0.6 is 0 Å². The Kier molecular flexibility index (Phi) is 4.25. The Morgan fingerprint density at radius 3 is 2.64 bits per heavy atom. The molecule has 1 rings (SSSR count). The third-order valence-corrected chi connectivity index (χ3v) is 2.43. The number of carboxylic acids is 1. The Morgan fingerprint density at radius 2 is 2.21 bits per heavy atom. The molecule has 1 N–H and O–H groups in total. The highest BCUT2D eigenvalue weighted by atomic mass is 19.3. The first-order valence-electron chi connectivity index (χ1n) is 4.73. The smallest absolute Gasteiger partial charge is 0.303 e. The molecular weight excluding hydrogens is 194 g/mol. The zero-order chi connectivity index (χ0) is 10.6.